The van der Waals surface area contributed by atoms with E-state index in [0.29, 0.717) is 6.04 Å². The van der Waals surface area contributed by atoms with Gasteiger partial charge in [0.05, 0.1) is 0 Å². The second kappa shape index (κ2) is 4.62. The first kappa shape index (κ1) is 11.6. The van der Waals surface area contributed by atoms with Gasteiger partial charge in [0.25, 0.3) is 0 Å². The van der Waals surface area contributed by atoms with Gasteiger partial charge in [0.1, 0.15) is 0 Å². The van der Waals surface area contributed by atoms with Crippen molar-refractivity contribution < 1.29 is 0 Å². The van der Waals surface area contributed by atoms with E-state index in [4.69, 9.17) is 11.6 Å². The quantitative estimate of drug-likeness (QED) is 0.848. The highest BCUT2D eigenvalue weighted by molar-refractivity contribution is 6.30. The van der Waals surface area contributed by atoms with Crippen LogP contribution >= 0.6 is 11.6 Å². The number of fused-ring (bicyclic) bond motifs is 2. The predicted octanol–water partition coefficient (Wildman–Crippen LogP) is 4.18. The summed E-state index contributed by atoms with van der Waals surface area (Å²) in [7, 11) is 0. The molecule has 4 atom stereocenters. The minimum absolute atomic E-state index is 0.441. The fraction of sp³-hybridized carbons (Fsp3) is 0.600. The topological polar surface area (TPSA) is 12.0 Å². The van der Waals surface area contributed by atoms with E-state index >= 15 is 0 Å². The third kappa shape index (κ3) is 2.36. The molecule has 0 saturated heterocycles. The first-order chi connectivity index (χ1) is 8.22. The molecule has 92 valence electrons. The van der Waals surface area contributed by atoms with E-state index in [2.05, 4.69) is 24.4 Å². The number of halogens is 1. The number of rotatable bonds is 3. The molecule has 0 aromatic heterocycles. The van der Waals surface area contributed by atoms with E-state index in [1.54, 1.807) is 0 Å². The zero-order chi connectivity index (χ0) is 11.8. The van der Waals surface area contributed by atoms with Gasteiger partial charge in [0, 0.05) is 17.1 Å². The van der Waals surface area contributed by atoms with Crippen molar-refractivity contribution in [1.82, 2.24) is 5.32 Å². The number of benzene rings is 1. The van der Waals surface area contributed by atoms with E-state index in [1.165, 1.54) is 31.2 Å². The standard InChI is InChI=1S/C15H20ClN/c1-10(12-4-6-14(16)7-5-12)17-15-9-11-2-3-13(15)8-11/h4-7,10-11,13,15,17H,2-3,8-9H2,1H3. The zero-order valence-corrected chi connectivity index (χ0v) is 11.1. The third-order valence-corrected chi connectivity index (χ3v) is 4.82. The second-order valence-corrected chi connectivity index (χ2v) is 6.16. The molecule has 3 rings (SSSR count). The van der Waals surface area contributed by atoms with Crippen LogP contribution in [0.1, 0.15) is 44.2 Å². The van der Waals surface area contributed by atoms with Crippen LogP contribution in [0.5, 0.6) is 0 Å². The van der Waals surface area contributed by atoms with Crippen LogP contribution < -0.4 is 5.32 Å². The first-order valence-electron chi connectivity index (χ1n) is 6.74. The summed E-state index contributed by atoms with van der Waals surface area (Å²) in [6, 6.07) is 9.42. The molecular formula is C15H20ClN. The summed E-state index contributed by atoms with van der Waals surface area (Å²) in [6.45, 7) is 2.26. The number of nitrogens with one attached hydrogen (secondary N) is 1. The average molecular weight is 250 g/mol. The number of hydrogen-bond acceptors (Lipinski definition) is 1. The molecule has 0 heterocycles. The largest absolute Gasteiger partial charge is 0.307 e. The molecule has 0 spiro atoms. The summed E-state index contributed by atoms with van der Waals surface area (Å²) in [5.74, 6) is 1.95. The zero-order valence-electron chi connectivity index (χ0n) is 10.3. The summed E-state index contributed by atoms with van der Waals surface area (Å²) < 4.78 is 0. The molecule has 1 nitrogen and oxygen atoms in total. The fourth-order valence-corrected chi connectivity index (χ4v) is 3.74. The summed E-state index contributed by atoms with van der Waals surface area (Å²) in [5.41, 5.74) is 1.34. The van der Waals surface area contributed by atoms with Crippen molar-refractivity contribution in [3.63, 3.8) is 0 Å². The molecule has 1 aromatic rings. The van der Waals surface area contributed by atoms with Crippen molar-refractivity contribution in [2.45, 2.75) is 44.7 Å². The molecule has 0 aliphatic heterocycles. The molecule has 2 saturated carbocycles. The van der Waals surface area contributed by atoms with Gasteiger partial charge in [-0.15, -0.1) is 0 Å². The fourth-order valence-electron chi connectivity index (χ4n) is 3.62. The lowest BCUT2D eigenvalue weighted by atomic mass is 9.94. The maximum atomic E-state index is 5.92. The van der Waals surface area contributed by atoms with E-state index in [-0.39, 0.29) is 0 Å². The van der Waals surface area contributed by atoms with Gasteiger partial charge < -0.3 is 5.32 Å². The van der Waals surface area contributed by atoms with Crippen molar-refractivity contribution in [3.8, 4) is 0 Å². The Labute approximate surface area is 109 Å². The third-order valence-electron chi connectivity index (χ3n) is 4.57. The van der Waals surface area contributed by atoms with Crippen molar-refractivity contribution in [2.24, 2.45) is 11.8 Å². The summed E-state index contributed by atoms with van der Waals surface area (Å²) in [5, 5.41) is 4.62. The Morgan fingerprint density at radius 2 is 1.94 bits per heavy atom. The maximum absolute atomic E-state index is 5.92. The van der Waals surface area contributed by atoms with Gasteiger partial charge in [-0.05, 0) is 55.7 Å². The van der Waals surface area contributed by atoms with Gasteiger partial charge in [-0.2, -0.15) is 0 Å². The Morgan fingerprint density at radius 1 is 1.18 bits per heavy atom. The lowest BCUT2D eigenvalue weighted by Crippen LogP contribution is -2.35. The minimum Gasteiger partial charge on any atom is -0.307 e. The van der Waals surface area contributed by atoms with Gasteiger partial charge in [-0.25, -0.2) is 0 Å². The Balaban J connectivity index is 1.63. The van der Waals surface area contributed by atoms with Crippen LogP contribution in [-0.4, -0.2) is 6.04 Å². The molecule has 0 amide bonds. The van der Waals surface area contributed by atoms with E-state index in [0.717, 1.165) is 22.9 Å². The summed E-state index contributed by atoms with van der Waals surface area (Å²) >= 11 is 5.92. The van der Waals surface area contributed by atoms with Gasteiger partial charge in [0.2, 0.25) is 0 Å². The van der Waals surface area contributed by atoms with Crippen molar-refractivity contribution in [3.05, 3.63) is 34.9 Å². The molecule has 1 aromatic carbocycles. The Hall–Kier alpha value is -0.530. The summed E-state index contributed by atoms with van der Waals surface area (Å²) in [4.78, 5) is 0. The molecule has 2 fully saturated rings. The minimum atomic E-state index is 0.441. The molecule has 2 bridgehead atoms. The molecule has 4 unspecified atom stereocenters. The van der Waals surface area contributed by atoms with E-state index in [9.17, 15) is 0 Å². The highest BCUT2D eigenvalue weighted by Gasteiger charge is 2.39. The van der Waals surface area contributed by atoms with Crippen LogP contribution in [0, 0.1) is 11.8 Å². The van der Waals surface area contributed by atoms with Crippen LogP contribution in [0.3, 0.4) is 0 Å². The average Bonchev–Trinajstić information content (AvgIpc) is 2.91. The molecule has 1 N–H and O–H groups in total. The summed E-state index contributed by atoms with van der Waals surface area (Å²) in [6.07, 6.45) is 5.77. The Bertz CT molecular complexity index is 386. The lowest BCUT2D eigenvalue weighted by molar-refractivity contribution is 0.327. The normalized spacial score (nSPS) is 32.9. The molecular weight excluding hydrogens is 230 g/mol. The maximum Gasteiger partial charge on any atom is 0.0406 e. The van der Waals surface area contributed by atoms with Crippen molar-refractivity contribution in [1.29, 1.82) is 0 Å². The predicted molar refractivity (Wildman–Crippen MR) is 72.2 cm³/mol. The van der Waals surface area contributed by atoms with Crippen molar-refractivity contribution in [2.75, 3.05) is 0 Å². The Kier molecular flexibility index (Phi) is 3.14. The second-order valence-electron chi connectivity index (χ2n) is 5.72. The molecule has 17 heavy (non-hydrogen) atoms. The highest BCUT2D eigenvalue weighted by Crippen LogP contribution is 2.45. The molecule has 2 aliphatic carbocycles. The van der Waals surface area contributed by atoms with Crippen LogP contribution in [0.25, 0.3) is 0 Å². The SMILES string of the molecule is CC(NC1CC2CCC1C2)c1ccc(Cl)cc1. The van der Waals surface area contributed by atoms with Crippen LogP contribution in [0.2, 0.25) is 5.02 Å². The highest BCUT2D eigenvalue weighted by atomic mass is 35.5. The van der Waals surface area contributed by atoms with Gasteiger partial charge in [-0.1, -0.05) is 30.2 Å². The molecule has 2 heteroatoms. The van der Waals surface area contributed by atoms with Crippen molar-refractivity contribution >= 4 is 11.6 Å². The van der Waals surface area contributed by atoms with Gasteiger partial charge in [-0.3, -0.25) is 0 Å². The van der Waals surface area contributed by atoms with Gasteiger partial charge in [0.15, 0.2) is 0 Å². The Morgan fingerprint density at radius 3 is 2.53 bits per heavy atom. The van der Waals surface area contributed by atoms with E-state index < -0.39 is 0 Å². The number of hydrogen-bond donors (Lipinski definition) is 1. The smallest absolute Gasteiger partial charge is 0.0406 e. The van der Waals surface area contributed by atoms with Crippen LogP contribution in [0.4, 0.5) is 0 Å². The molecule has 2 aliphatic rings. The van der Waals surface area contributed by atoms with E-state index in [1.807, 2.05) is 12.1 Å². The first-order valence-corrected chi connectivity index (χ1v) is 7.11. The van der Waals surface area contributed by atoms with Crippen LogP contribution in [-0.2, 0) is 0 Å². The van der Waals surface area contributed by atoms with Gasteiger partial charge >= 0.3 is 0 Å². The van der Waals surface area contributed by atoms with Crippen LogP contribution in [0.15, 0.2) is 24.3 Å². The lowest BCUT2D eigenvalue weighted by Gasteiger charge is -2.27. The monoisotopic (exact) mass is 249 g/mol. The molecule has 0 radical (unpaired) electrons.